The van der Waals surface area contributed by atoms with Crippen LogP contribution in [-0.2, 0) is 9.53 Å². The molecule has 1 fully saturated rings. The monoisotopic (exact) mass is 447 g/mol. The van der Waals surface area contributed by atoms with Gasteiger partial charge in [0.25, 0.3) is 5.91 Å². The van der Waals surface area contributed by atoms with Crippen LogP contribution in [0.15, 0.2) is 66.9 Å². The Morgan fingerprint density at radius 3 is 2.42 bits per heavy atom. The molecule has 1 aromatic heterocycles. The van der Waals surface area contributed by atoms with Crippen molar-refractivity contribution in [1.82, 2.24) is 15.0 Å². The summed E-state index contributed by atoms with van der Waals surface area (Å²) >= 11 is 0. The van der Waals surface area contributed by atoms with E-state index in [1.165, 1.54) is 0 Å². The molecule has 1 saturated heterocycles. The molecule has 1 aliphatic heterocycles. The molecule has 172 valence electrons. The van der Waals surface area contributed by atoms with Crippen LogP contribution in [0.4, 0.5) is 17.3 Å². The fourth-order valence-corrected chi connectivity index (χ4v) is 3.58. The van der Waals surface area contributed by atoms with Crippen LogP contribution >= 0.6 is 0 Å². The number of hydrogen-bond donors (Lipinski definition) is 2. The van der Waals surface area contributed by atoms with Crippen molar-refractivity contribution in [3.05, 3.63) is 66.9 Å². The van der Waals surface area contributed by atoms with E-state index in [4.69, 9.17) is 9.72 Å². The fourth-order valence-electron chi connectivity index (χ4n) is 3.58. The van der Waals surface area contributed by atoms with Gasteiger partial charge in [-0.2, -0.15) is 0 Å². The fraction of sp³-hybridized carbons (Fsp3) is 0.320. The third kappa shape index (κ3) is 5.54. The van der Waals surface area contributed by atoms with E-state index in [9.17, 15) is 9.90 Å². The first-order valence-electron chi connectivity index (χ1n) is 11.1. The van der Waals surface area contributed by atoms with E-state index in [2.05, 4.69) is 15.3 Å². The summed E-state index contributed by atoms with van der Waals surface area (Å²) in [6.45, 7) is 6.41. The van der Waals surface area contributed by atoms with Crippen molar-refractivity contribution >= 4 is 23.2 Å². The summed E-state index contributed by atoms with van der Waals surface area (Å²) in [7, 11) is 0. The van der Waals surface area contributed by atoms with Crippen molar-refractivity contribution in [2.24, 2.45) is 5.92 Å². The van der Waals surface area contributed by atoms with Gasteiger partial charge in [0.05, 0.1) is 24.6 Å². The van der Waals surface area contributed by atoms with Crippen LogP contribution in [0.1, 0.15) is 13.8 Å². The summed E-state index contributed by atoms with van der Waals surface area (Å²) in [5.74, 6) is 0.0202. The quantitative estimate of drug-likeness (QED) is 0.573. The number of para-hydroxylation sites is 1. The van der Waals surface area contributed by atoms with Gasteiger partial charge in [-0.15, -0.1) is 0 Å². The summed E-state index contributed by atoms with van der Waals surface area (Å²) in [5.41, 5.74) is 3.28. The van der Waals surface area contributed by atoms with Crippen LogP contribution < -0.4 is 10.3 Å². The van der Waals surface area contributed by atoms with Gasteiger partial charge >= 0.3 is 0 Å². The molecule has 4 rings (SSSR count). The highest BCUT2D eigenvalue weighted by molar-refractivity contribution is 5.94. The molecule has 0 saturated carbocycles. The van der Waals surface area contributed by atoms with Crippen molar-refractivity contribution in [2.45, 2.75) is 20.0 Å². The number of hydrogen-bond acceptors (Lipinski definition) is 7. The number of hydrazine groups is 1. The zero-order valence-corrected chi connectivity index (χ0v) is 18.9. The van der Waals surface area contributed by atoms with E-state index in [1.54, 1.807) is 32.2 Å². The Morgan fingerprint density at radius 1 is 1.06 bits per heavy atom. The summed E-state index contributed by atoms with van der Waals surface area (Å²) < 4.78 is 5.53. The molecule has 0 spiro atoms. The molecule has 1 atom stereocenters. The first-order chi connectivity index (χ1) is 16.0. The van der Waals surface area contributed by atoms with Gasteiger partial charge in [-0.1, -0.05) is 44.2 Å². The van der Waals surface area contributed by atoms with Gasteiger partial charge in [-0.3, -0.25) is 4.79 Å². The third-order valence-electron chi connectivity index (χ3n) is 5.45. The maximum absolute atomic E-state index is 12.1. The smallest absolute Gasteiger partial charge is 0.253 e. The summed E-state index contributed by atoms with van der Waals surface area (Å²) in [5, 5.41) is 16.9. The molecule has 2 heterocycles. The van der Waals surface area contributed by atoms with Crippen molar-refractivity contribution in [3.8, 4) is 11.3 Å². The Kier molecular flexibility index (Phi) is 7.29. The first-order valence-corrected chi connectivity index (χ1v) is 11.1. The van der Waals surface area contributed by atoms with Crippen molar-refractivity contribution in [2.75, 3.05) is 36.6 Å². The average Bonchev–Trinajstić information content (AvgIpc) is 2.85. The minimum absolute atomic E-state index is 0.150. The molecule has 33 heavy (non-hydrogen) atoms. The van der Waals surface area contributed by atoms with Gasteiger partial charge in [-0.05, 0) is 36.2 Å². The zero-order valence-electron chi connectivity index (χ0n) is 18.9. The largest absolute Gasteiger partial charge is 0.383 e. The van der Waals surface area contributed by atoms with Crippen molar-refractivity contribution in [3.63, 3.8) is 0 Å². The lowest BCUT2D eigenvalue weighted by atomic mass is 10.1. The standard InChI is InChI=1S/C25H29N5O3/c1-18(2)23(31)24(32)27-20-10-8-19(9-11-20)22-12-13-26-25(28-22)30(21-6-4-3-5-7-21)29-14-16-33-17-15-29/h3-13,18,23,31H,14-17H2,1-2H3,(H,27,32)/t23-/m1/s1. The molecule has 1 aliphatic rings. The SMILES string of the molecule is CC(C)[C@@H](O)C(=O)Nc1ccc(-c2ccnc(N(c3ccccc3)N3CCOCC3)n2)cc1. The molecule has 0 bridgehead atoms. The first kappa shape index (κ1) is 22.8. The normalized spacial score (nSPS) is 15.3. The zero-order chi connectivity index (χ0) is 23.2. The van der Waals surface area contributed by atoms with Crippen LogP contribution in [0, 0.1) is 5.92 Å². The Bertz CT molecular complexity index is 1050. The highest BCUT2D eigenvalue weighted by Crippen LogP contribution is 2.27. The predicted molar refractivity (Wildman–Crippen MR) is 128 cm³/mol. The molecule has 3 aromatic rings. The molecule has 0 radical (unpaired) electrons. The Balaban J connectivity index is 1.58. The number of anilines is 3. The Hall–Kier alpha value is -3.33. The number of morpholine rings is 1. The Morgan fingerprint density at radius 2 is 1.76 bits per heavy atom. The molecule has 0 unspecified atom stereocenters. The second-order valence-electron chi connectivity index (χ2n) is 8.21. The van der Waals surface area contributed by atoms with Gasteiger partial charge in [0.1, 0.15) is 6.10 Å². The number of aromatic nitrogens is 2. The number of nitrogens with zero attached hydrogens (tertiary/aromatic N) is 4. The van der Waals surface area contributed by atoms with Crippen molar-refractivity contribution in [1.29, 1.82) is 0 Å². The highest BCUT2D eigenvalue weighted by Gasteiger charge is 2.23. The topological polar surface area (TPSA) is 90.8 Å². The predicted octanol–water partition coefficient (Wildman–Crippen LogP) is 3.48. The van der Waals surface area contributed by atoms with E-state index in [0.717, 1.165) is 30.0 Å². The van der Waals surface area contributed by atoms with E-state index < -0.39 is 12.0 Å². The lowest BCUT2D eigenvalue weighted by Gasteiger charge is -2.37. The highest BCUT2D eigenvalue weighted by atomic mass is 16.5. The Labute approximate surface area is 193 Å². The van der Waals surface area contributed by atoms with E-state index in [-0.39, 0.29) is 5.92 Å². The van der Waals surface area contributed by atoms with Gasteiger partial charge < -0.3 is 15.2 Å². The second-order valence-corrected chi connectivity index (χ2v) is 8.21. The van der Waals surface area contributed by atoms with Crippen LogP contribution in [0.25, 0.3) is 11.3 Å². The maximum Gasteiger partial charge on any atom is 0.253 e. The number of rotatable bonds is 7. The lowest BCUT2D eigenvalue weighted by Crippen LogP contribution is -2.47. The van der Waals surface area contributed by atoms with Crippen molar-refractivity contribution < 1.29 is 14.6 Å². The van der Waals surface area contributed by atoms with Crippen LogP contribution in [0.2, 0.25) is 0 Å². The van der Waals surface area contributed by atoms with Gasteiger partial charge in [0.15, 0.2) is 0 Å². The number of ether oxygens (including phenoxy) is 1. The molecule has 0 aliphatic carbocycles. The molecule has 2 aromatic carbocycles. The number of aliphatic hydroxyl groups excluding tert-OH is 1. The van der Waals surface area contributed by atoms with Crippen LogP contribution in [0.3, 0.4) is 0 Å². The molecule has 2 N–H and O–H groups in total. The average molecular weight is 448 g/mol. The number of carbonyl (C=O) groups excluding carboxylic acids is 1. The summed E-state index contributed by atoms with van der Waals surface area (Å²) in [6, 6.07) is 19.3. The van der Waals surface area contributed by atoms with Crippen LogP contribution in [-0.4, -0.2) is 58.4 Å². The van der Waals surface area contributed by atoms with E-state index in [0.29, 0.717) is 24.8 Å². The lowest BCUT2D eigenvalue weighted by molar-refractivity contribution is -0.125. The summed E-state index contributed by atoms with van der Waals surface area (Å²) in [4.78, 5) is 21.5. The number of nitrogens with one attached hydrogen (secondary N) is 1. The number of amides is 1. The molecular formula is C25H29N5O3. The van der Waals surface area contributed by atoms with Gasteiger partial charge in [0, 0.05) is 30.5 Å². The second kappa shape index (κ2) is 10.5. The minimum atomic E-state index is -1.04. The van der Waals surface area contributed by atoms with Gasteiger partial charge in [-0.25, -0.2) is 20.0 Å². The van der Waals surface area contributed by atoms with E-state index >= 15 is 0 Å². The third-order valence-corrected chi connectivity index (χ3v) is 5.45. The minimum Gasteiger partial charge on any atom is -0.383 e. The molecule has 8 nitrogen and oxygen atoms in total. The summed E-state index contributed by atoms with van der Waals surface area (Å²) in [6.07, 6.45) is 0.709. The number of aliphatic hydroxyl groups is 1. The molecule has 8 heteroatoms. The van der Waals surface area contributed by atoms with Crippen LogP contribution in [0.5, 0.6) is 0 Å². The molecular weight excluding hydrogens is 418 g/mol. The number of benzene rings is 2. The molecule has 1 amide bonds. The van der Waals surface area contributed by atoms with Gasteiger partial charge in [0.2, 0.25) is 5.95 Å². The maximum atomic E-state index is 12.1. The number of carbonyl (C=O) groups is 1. The van der Waals surface area contributed by atoms with E-state index in [1.807, 2.05) is 53.5 Å².